The minimum atomic E-state index is -1.78. The molecule has 3 rings (SSSR count). The molecule has 0 amide bonds. The van der Waals surface area contributed by atoms with Crippen molar-refractivity contribution in [2.75, 3.05) is 13.2 Å². The number of carbonyl (C=O) groups is 1. The second-order valence-corrected chi connectivity index (χ2v) is 22.7. The van der Waals surface area contributed by atoms with Crippen LogP contribution in [0.5, 0.6) is 0 Å². The number of ether oxygens (including phenoxy) is 1. The molecule has 0 bridgehead atoms. The van der Waals surface area contributed by atoms with E-state index in [-0.39, 0.29) is 63.3 Å². The molecule has 11 heteroatoms. The first-order valence-corrected chi connectivity index (χ1v) is 19.9. The normalized spacial score (nSPS) is 12.9. The minimum absolute atomic E-state index is 0. The summed E-state index contributed by atoms with van der Waals surface area (Å²) in [6.45, 7) is 33.6. The van der Waals surface area contributed by atoms with Crippen molar-refractivity contribution in [2.24, 2.45) is 0 Å². The standard InChI is InChI=1S/C14H23NO2Si.C13H20N2OSi.C4H8O.CH3.BrH.Mg/c1-11(16)13-12(8-7-9-15-13)10-17-18(5,6)14(2,3)4;1-13(2,3)17(5,6)16-10-11-8-7-9-15-12(11)14-4;1-2-4-5-3-1;;;/h7-9H,10H2,1-6H3;7-9H,10H2,1-3,5-6H3;1-4H2;1H3;1H;/q;;;-1;;+2/p-1. The van der Waals surface area contributed by atoms with Gasteiger partial charge in [0.1, 0.15) is 11.9 Å². The Bertz CT molecular complexity index is 1120. The van der Waals surface area contributed by atoms with Gasteiger partial charge in [0.25, 0.3) is 5.82 Å². The number of halogens is 1. The van der Waals surface area contributed by atoms with Crippen LogP contribution in [0.1, 0.15) is 82.9 Å². The Morgan fingerprint density at radius 1 is 0.884 bits per heavy atom. The van der Waals surface area contributed by atoms with Crippen LogP contribution < -0.4 is 17.0 Å². The summed E-state index contributed by atoms with van der Waals surface area (Å²) in [4.78, 5) is 23.1. The average molecular weight is 705 g/mol. The fourth-order valence-corrected chi connectivity index (χ4v) is 4.87. The Balaban J connectivity index is -0.000000602. The second-order valence-electron chi connectivity index (χ2n) is 13.1. The van der Waals surface area contributed by atoms with Crippen molar-refractivity contribution >= 4 is 51.3 Å². The van der Waals surface area contributed by atoms with Crippen molar-refractivity contribution < 1.29 is 35.4 Å². The van der Waals surface area contributed by atoms with Gasteiger partial charge in [-0.3, -0.25) is 9.78 Å². The Morgan fingerprint density at radius 3 is 1.67 bits per heavy atom. The molecule has 1 aliphatic heterocycles. The first-order valence-electron chi connectivity index (χ1n) is 14.0. The van der Waals surface area contributed by atoms with Gasteiger partial charge in [-0.15, -0.1) is 4.98 Å². The van der Waals surface area contributed by atoms with E-state index in [4.69, 9.17) is 20.2 Å². The molecule has 238 valence electrons. The van der Waals surface area contributed by atoms with E-state index in [0.717, 1.165) is 24.3 Å². The van der Waals surface area contributed by atoms with E-state index >= 15 is 0 Å². The van der Waals surface area contributed by atoms with E-state index in [9.17, 15) is 4.79 Å². The summed E-state index contributed by atoms with van der Waals surface area (Å²) in [5.41, 5.74) is 2.29. The Morgan fingerprint density at radius 2 is 1.30 bits per heavy atom. The fourth-order valence-electron chi connectivity index (χ4n) is 2.98. The topological polar surface area (TPSA) is 74.9 Å². The molecule has 0 saturated carbocycles. The molecule has 2 aromatic rings. The number of aromatic nitrogens is 2. The number of Topliss-reactive ketones (excluding diaryl/α,β-unsaturated/α-hetero) is 1. The maximum atomic E-state index is 11.5. The Hall–Kier alpha value is -0.980. The molecule has 1 saturated heterocycles. The fraction of sp³-hybridized carbons (Fsp3) is 0.594. The van der Waals surface area contributed by atoms with Gasteiger partial charge in [-0.1, -0.05) is 60.2 Å². The molecule has 2 aromatic heterocycles. The average Bonchev–Trinajstić information content (AvgIpc) is 3.46. The summed E-state index contributed by atoms with van der Waals surface area (Å²) in [6.07, 6.45) is 5.84. The molecular weight excluding hydrogens is 651 g/mol. The molecule has 1 fully saturated rings. The maximum absolute atomic E-state index is 11.5. The monoisotopic (exact) mass is 703 g/mol. The van der Waals surface area contributed by atoms with Crippen molar-refractivity contribution in [2.45, 2.75) is 111 Å². The van der Waals surface area contributed by atoms with E-state index in [1.807, 2.05) is 24.3 Å². The third-order valence-electron chi connectivity index (χ3n) is 7.81. The summed E-state index contributed by atoms with van der Waals surface area (Å²) in [7, 11) is -3.54. The summed E-state index contributed by atoms with van der Waals surface area (Å²) < 4.78 is 17.1. The summed E-state index contributed by atoms with van der Waals surface area (Å²) >= 11 is 0. The van der Waals surface area contributed by atoms with Crippen LogP contribution in [-0.2, 0) is 26.8 Å². The third-order valence-corrected chi connectivity index (χ3v) is 16.8. The zero-order valence-corrected chi connectivity index (χ0v) is 33.8. The molecule has 7 nitrogen and oxygen atoms in total. The van der Waals surface area contributed by atoms with E-state index in [1.54, 1.807) is 12.4 Å². The van der Waals surface area contributed by atoms with Gasteiger partial charge in [-0.25, -0.2) is 0 Å². The molecule has 3 heterocycles. The van der Waals surface area contributed by atoms with Crippen LogP contribution in [0.4, 0.5) is 5.82 Å². The van der Waals surface area contributed by atoms with Crippen molar-refractivity contribution in [3.8, 4) is 0 Å². The largest absolute Gasteiger partial charge is 2.00 e. The third kappa shape index (κ3) is 16.2. The molecule has 0 unspecified atom stereocenters. The molecule has 1 aliphatic rings. The summed E-state index contributed by atoms with van der Waals surface area (Å²) in [5, 5.41) is 0.360. The van der Waals surface area contributed by atoms with Crippen molar-refractivity contribution in [1.82, 2.24) is 9.97 Å². The molecule has 0 atom stereocenters. The first-order chi connectivity index (χ1) is 18.4. The van der Waals surface area contributed by atoms with Crippen LogP contribution in [-0.4, -0.2) is 68.7 Å². The summed E-state index contributed by atoms with van der Waals surface area (Å²) in [5.74, 6) is 0.440. The van der Waals surface area contributed by atoms with E-state index in [2.05, 4.69) is 82.5 Å². The molecule has 0 aliphatic carbocycles. The van der Waals surface area contributed by atoms with Crippen LogP contribution in [0.15, 0.2) is 36.7 Å². The van der Waals surface area contributed by atoms with Gasteiger partial charge >= 0.3 is 23.1 Å². The van der Waals surface area contributed by atoms with Crippen LogP contribution >= 0.6 is 0 Å². The van der Waals surface area contributed by atoms with Crippen molar-refractivity contribution in [3.63, 3.8) is 0 Å². The molecule has 0 spiro atoms. The zero-order chi connectivity index (χ0) is 30.6. The zero-order valence-electron chi connectivity index (χ0n) is 28.8. The molecule has 0 aromatic carbocycles. The number of pyridine rings is 2. The Labute approximate surface area is 291 Å². The van der Waals surface area contributed by atoms with Gasteiger partial charge in [0.15, 0.2) is 22.4 Å². The van der Waals surface area contributed by atoms with Crippen LogP contribution in [0, 0.1) is 14.0 Å². The van der Waals surface area contributed by atoms with Gasteiger partial charge in [-0.05, 0) is 61.2 Å². The van der Waals surface area contributed by atoms with E-state index < -0.39 is 16.6 Å². The maximum Gasteiger partial charge on any atom is 2.00 e. The van der Waals surface area contributed by atoms with Gasteiger partial charge in [-0.2, -0.15) is 0 Å². The van der Waals surface area contributed by atoms with Crippen LogP contribution in [0.2, 0.25) is 36.3 Å². The van der Waals surface area contributed by atoms with Gasteiger partial charge in [0.2, 0.25) is 0 Å². The number of hydrogen-bond donors (Lipinski definition) is 0. The number of carbonyl (C=O) groups excluding carboxylic acids is 1. The van der Waals surface area contributed by atoms with Gasteiger partial charge in [0, 0.05) is 37.5 Å². The number of nitrogens with zero attached hydrogens (tertiary/aromatic N) is 3. The molecular formula is C32H54BrMgN3O4Si2. The molecule has 43 heavy (non-hydrogen) atoms. The molecule has 0 radical (unpaired) electrons. The minimum Gasteiger partial charge on any atom is -1.00 e. The van der Waals surface area contributed by atoms with Crippen molar-refractivity contribution in [3.05, 3.63) is 72.3 Å². The van der Waals surface area contributed by atoms with Crippen molar-refractivity contribution in [1.29, 1.82) is 0 Å². The van der Waals surface area contributed by atoms with Crippen LogP contribution in [0.25, 0.3) is 4.85 Å². The number of hydrogen-bond acceptors (Lipinski definition) is 6. The second kappa shape index (κ2) is 20.9. The van der Waals surface area contributed by atoms with E-state index in [0.29, 0.717) is 24.7 Å². The number of ketones is 1. The molecule has 0 N–H and O–H groups in total. The van der Waals surface area contributed by atoms with E-state index in [1.165, 1.54) is 19.8 Å². The Kier molecular flexibility index (Phi) is 22.6. The smallest absolute Gasteiger partial charge is 1.00 e. The summed E-state index contributed by atoms with van der Waals surface area (Å²) in [6, 6.07) is 7.51. The van der Waals surface area contributed by atoms with Crippen LogP contribution in [0.3, 0.4) is 0 Å². The van der Waals surface area contributed by atoms with Gasteiger partial charge < -0.3 is 42.8 Å². The quantitative estimate of drug-likeness (QED) is 0.205. The SMILES string of the molecule is C1CCOC1.CC(=O)c1ncccc1CO[Si](C)(C)C(C)(C)C.[Br-].[C-]#[N+]c1ncccc1CO[Si](C)(C)C(C)(C)C.[CH3-].[Mg+2]. The first kappa shape index (κ1) is 46.4. The van der Waals surface area contributed by atoms with Gasteiger partial charge in [0.05, 0.1) is 13.2 Å². The predicted molar refractivity (Wildman–Crippen MR) is 181 cm³/mol. The number of rotatable bonds is 7. The predicted octanol–water partition coefficient (Wildman–Crippen LogP) is 5.83.